The minimum absolute atomic E-state index is 0.0264. The van der Waals surface area contributed by atoms with Crippen LogP contribution in [0.15, 0.2) is 46.1 Å². The second-order valence-electron chi connectivity index (χ2n) is 6.66. The Balaban J connectivity index is 1.87. The molecule has 1 aliphatic heterocycles. The molecule has 0 fully saturated rings. The number of nitrogens with zero attached hydrogens (tertiary/aromatic N) is 4. The van der Waals surface area contributed by atoms with Gasteiger partial charge in [-0.25, -0.2) is 9.78 Å². The summed E-state index contributed by atoms with van der Waals surface area (Å²) in [4.78, 5) is 43.5. The molecular weight excluding hydrogens is 332 g/mol. The molecule has 1 amide bonds. The molecule has 3 heterocycles. The Morgan fingerprint density at radius 3 is 2.65 bits per heavy atom. The van der Waals surface area contributed by atoms with E-state index < -0.39 is 11.2 Å². The van der Waals surface area contributed by atoms with Crippen molar-refractivity contribution < 1.29 is 4.79 Å². The zero-order valence-corrected chi connectivity index (χ0v) is 14.8. The van der Waals surface area contributed by atoms with Gasteiger partial charge in [-0.15, -0.1) is 0 Å². The first-order valence-electron chi connectivity index (χ1n) is 8.37. The minimum atomic E-state index is -0.458. The number of fused-ring (bicyclic) bond motifs is 2. The van der Waals surface area contributed by atoms with Crippen LogP contribution in [0.3, 0.4) is 0 Å². The number of hydrogen-bond donors (Lipinski definition) is 0. The number of aryl methyl sites for hydroxylation is 1. The van der Waals surface area contributed by atoms with Crippen LogP contribution in [-0.2, 0) is 20.5 Å². The van der Waals surface area contributed by atoms with E-state index in [1.54, 1.807) is 11.9 Å². The van der Waals surface area contributed by atoms with Gasteiger partial charge in [0.15, 0.2) is 0 Å². The fourth-order valence-corrected chi connectivity index (χ4v) is 3.60. The molecule has 0 saturated carbocycles. The van der Waals surface area contributed by atoms with E-state index in [9.17, 15) is 14.4 Å². The predicted molar refractivity (Wildman–Crippen MR) is 98.6 cm³/mol. The number of anilines is 1. The molecule has 2 aromatic heterocycles. The van der Waals surface area contributed by atoms with Crippen LogP contribution in [0, 0.1) is 0 Å². The lowest BCUT2D eigenvalue weighted by Gasteiger charge is -2.22. The first-order valence-corrected chi connectivity index (χ1v) is 8.37. The van der Waals surface area contributed by atoms with E-state index in [1.165, 1.54) is 23.9 Å². The summed E-state index contributed by atoms with van der Waals surface area (Å²) in [6, 6.07) is 9.36. The van der Waals surface area contributed by atoms with Gasteiger partial charge in [-0.1, -0.05) is 18.2 Å². The second kappa shape index (κ2) is 5.66. The zero-order chi connectivity index (χ0) is 18.6. The van der Waals surface area contributed by atoms with Gasteiger partial charge >= 0.3 is 5.69 Å². The van der Waals surface area contributed by atoms with E-state index in [4.69, 9.17) is 0 Å². The predicted octanol–water partition coefficient (Wildman–Crippen LogP) is 1.22. The molecule has 0 bridgehead atoms. The van der Waals surface area contributed by atoms with Crippen LogP contribution in [-0.4, -0.2) is 26.1 Å². The van der Waals surface area contributed by atoms with E-state index >= 15 is 0 Å². The molecule has 132 valence electrons. The van der Waals surface area contributed by atoms with Crippen molar-refractivity contribution in [2.45, 2.75) is 19.4 Å². The van der Waals surface area contributed by atoms with Crippen LogP contribution in [0.5, 0.6) is 0 Å². The summed E-state index contributed by atoms with van der Waals surface area (Å²) in [6.45, 7) is 2.00. The Hall–Kier alpha value is -3.22. The highest BCUT2D eigenvalue weighted by Gasteiger charge is 2.31. The summed E-state index contributed by atoms with van der Waals surface area (Å²) in [7, 11) is 2.97. The van der Waals surface area contributed by atoms with Gasteiger partial charge in [0.05, 0.1) is 10.9 Å². The maximum absolute atomic E-state index is 13.1. The van der Waals surface area contributed by atoms with Crippen LogP contribution in [0.4, 0.5) is 5.69 Å². The molecule has 1 aromatic carbocycles. The summed E-state index contributed by atoms with van der Waals surface area (Å²) >= 11 is 0. The maximum atomic E-state index is 13.1. The summed E-state index contributed by atoms with van der Waals surface area (Å²) in [5, 5.41) is 0.251. The van der Waals surface area contributed by atoms with Gasteiger partial charge in [0.25, 0.3) is 11.5 Å². The van der Waals surface area contributed by atoms with Crippen molar-refractivity contribution in [3.63, 3.8) is 0 Å². The van der Waals surface area contributed by atoms with Crippen molar-refractivity contribution in [1.82, 2.24) is 14.1 Å². The van der Waals surface area contributed by atoms with Crippen LogP contribution >= 0.6 is 0 Å². The van der Waals surface area contributed by atoms with Crippen molar-refractivity contribution in [2.75, 3.05) is 4.90 Å². The number of hydrogen-bond acceptors (Lipinski definition) is 4. The SMILES string of the molecule is C[C@@H]1Cc2ccccc2N1C(=O)c1cnc2c(c1)c(=O)n(C)c(=O)n2C. The quantitative estimate of drug-likeness (QED) is 0.661. The highest BCUT2D eigenvalue weighted by Crippen LogP contribution is 2.33. The average Bonchev–Trinajstić information content (AvgIpc) is 2.99. The molecule has 7 nitrogen and oxygen atoms in total. The van der Waals surface area contributed by atoms with E-state index in [2.05, 4.69) is 4.98 Å². The summed E-state index contributed by atoms with van der Waals surface area (Å²) in [6.07, 6.45) is 2.22. The van der Waals surface area contributed by atoms with Crippen LogP contribution in [0.1, 0.15) is 22.8 Å². The summed E-state index contributed by atoms with van der Waals surface area (Å²) < 4.78 is 2.32. The molecule has 0 saturated heterocycles. The number of benzene rings is 1. The minimum Gasteiger partial charge on any atom is -0.305 e. The summed E-state index contributed by atoms with van der Waals surface area (Å²) in [5.41, 5.74) is 1.71. The number of pyridine rings is 1. The molecule has 3 aromatic rings. The number of para-hydroxylation sites is 1. The number of carbonyl (C=O) groups is 1. The molecule has 26 heavy (non-hydrogen) atoms. The van der Waals surface area contributed by atoms with Gasteiger partial charge in [0, 0.05) is 32.0 Å². The number of aromatic nitrogens is 3. The Morgan fingerprint density at radius 2 is 1.88 bits per heavy atom. The van der Waals surface area contributed by atoms with E-state index in [0.29, 0.717) is 5.56 Å². The standard InChI is InChI=1S/C19H18N4O3/c1-11-8-12-6-4-5-7-15(12)23(11)17(24)13-9-14-16(20-10-13)21(2)19(26)22(3)18(14)25/h4-7,9-11H,8H2,1-3H3/t11-/m1/s1. The molecule has 1 atom stereocenters. The summed E-state index contributed by atoms with van der Waals surface area (Å²) in [5.74, 6) is -0.201. The Bertz CT molecular complexity index is 1180. The maximum Gasteiger partial charge on any atom is 0.332 e. The van der Waals surface area contributed by atoms with Crippen molar-refractivity contribution in [1.29, 1.82) is 0 Å². The topological polar surface area (TPSA) is 77.2 Å². The van der Waals surface area contributed by atoms with Gasteiger partial charge in [-0.05, 0) is 31.0 Å². The van der Waals surface area contributed by atoms with Crippen molar-refractivity contribution in [3.05, 3.63) is 68.5 Å². The smallest absolute Gasteiger partial charge is 0.305 e. The third kappa shape index (κ3) is 2.20. The molecule has 0 N–H and O–H groups in total. The van der Waals surface area contributed by atoms with E-state index in [1.807, 2.05) is 31.2 Å². The van der Waals surface area contributed by atoms with Gasteiger partial charge in [0.1, 0.15) is 5.65 Å². The normalized spacial score (nSPS) is 16.1. The van der Waals surface area contributed by atoms with Gasteiger partial charge in [-0.3, -0.25) is 18.7 Å². The van der Waals surface area contributed by atoms with Gasteiger partial charge in [-0.2, -0.15) is 0 Å². The number of carbonyl (C=O) groups excluding carboxylic acids is 1. The van der Waals surface area contributed by atoms with Crippen molar-refractivity contribution >= 4 is 22.6 Å². The Kier molecular flexibility index (Phi) is 3.54. The first kappa shape index (κ1) is 16.3. The van der Waals surface area contributed by atoms with E-state index in [0.717, 1.165) is 22.2 Å². The molecule has 0 radical (unpaired) electrons. The number of amides is 1. The van der Waals surface area contributed by atoms with E-state index in [-0.39, 0.29) is 23.0 Å². The first-order chi connectivity index (χ1) is 12.4. The fourth-order valence-electron chi connectivity index (χ4n) is 3.60. The van der Waals surface area contributed by atoms with Gasteiger partial charge < -0.3 is 4.90 Å². The lowest BCUT2D eigenvalue weighted by molar-refractivity contribution is 0.0981. The lowest BCUT2D eigenvalue weighted by atomic mass is 10.1. The zero-order valence-electron chi connectivity index (χ0n) is 14.8. The molecule has 1 aliphatic rings. The average molecular weight is 350 g/mol. The van der Waals surface area contributed by atoms with Crippen molar-refractivity contribution in [3.8, 4) is 0 Å². The fraction of sp³-hybridized carbons (Fsp3) is 0.263. The molecule has 4 rings (SSSR count). The highest BCUT2D eigenvalue weighted by atomic mass is 16.2. The monoisotopic (exact) mass is 350 g/mol. The molecular formula is C19H18N4O3. The molecule has 0 unspecified atom stereocenters. The van der Waals surface area contributed by atoms with Crippen LogP contribution in [0.25, 0.3) is 11.0 Å². The largest absolute Gasteiger partial charge is 0.332 e. The van der Waals surface area contributed by atoms with Crippen LogP contribution in [0.2, 0.25) is 0 Å². The third-order valence-electron chi connectivity index (χ3n) is 4.97. The Morgan fingerprint density at radius 1 is 1.15 bits per heavy atom. The highest BCUT2D eigenvalue weighted by molar-refractivity contribution is 6.08. The molecule has 0 aliphatic carbocycles. The van der Waals surface area contributed by atoms with Crippen molar-refractivity contribution in [2.24, 2.45) is 14.1 Å². The van der Waals surface area contributed by atoms with Crippen LogP contribution < -0.4 is 16.1 Å². The lowest BCUT2D eigenvalue weighted by Crippen LogP contribution is -2.38. The second-order valence-corrected chi connectivity index (χ2v) is 6.66. The number of rotatable bonds is 1. The Labute approximate surface area is 149 Å². The van der Waals surface area contributed by atoms with Gasteiger partial charge in [0.2, 0.25) is 0 Å². The third-order valence-corrected chi connectivity index (χ3v) is 4.97. The molecule has 0 spiro atoms. The molecule has 7 heteroatoms.